The Morgan fingerprint density at radius 1 is 1.11 bits per heavy atom. The Kier molecular flexibility index (Phi) is 9.49. The minimum atomic E-state index is -0.243. The molecular formula is C28H36N4O4. The Morgan fingerprint density at radius 2 is 1.86 bits per heavy atom. The molecule has 0 spiro atoms. The summed E-state index contributed by atoms with van der Waals surface area (Å²) < 4.78 is 16.8. The van der Waals surface area contributed by atoms with E-state index in [1.807, 2.05) is 56.3 Å². The molecule has 0 saturated carbocycles. The van der Waals surface area contributed by atoms with Crippen LogP contribution in [0.2, 0.25) is 0 Å². The number of carbonyl (C=O) groups is 1. The molecule has 1 aromatic heterocycles. The van der Waals surface area contributed by atoms with E-state index in [2.05, 4.69) is 32.2 Å². The van der Waals surface area contributed by atoms with Gasteiger partial charge in [-0.05, 0) is 37.1 Å². The molecule has 1 aliphatic heterocycles. The van der Waals surface area contributed by atoms with Gasteiger partial charge < -0.3 is 19.2 Å². The van der Waals surface area contributed by atoms with E-state index in [1.165, 1.54) is 11.8 Å². The van der Waals surface area contributed by atoms with Crippen molar-refractivity contribution in [3.63, 3.8) is 0 Å². The number of nitrogens with zero attached hydrogens (tertiary/aromatic N) is 3. The predicted molar refractivity (Wildman–Crippen MR) is 138 cm³/mol. The van der Waals surface area contributed by atoms with Crippen LogP contribution in [0.5, 0.6) is 5.75 Å². The highest BCUT2D eigenvalue weighted by Gasteiger charge is 2.19. The van der Waals surface area contributed by atoms with Crippen LogP contribution in [0.1, 0.15) is 47.4 Å². The van der Waals surface area contributed by atoms with Gasteiger partial charge >= 0.3 is 0 Å². The zero-order valence-corrected chi connectivity index (χ0v) is 21.2. The maximum Gasteiger partial charge on any atom is 0.273 e. The summed E-state index contributed by atoms with van der Waals surface area (Å²) in [5, 5.41) is 3.00. The smallest absolute Gasteiger partial charge is 0.273 e. The number of rotatable bonds is 12. The third-order valence-electron chi connectivity index (χ3n) is 6.27. The average Bonchev–Trinajstić information content (AvgIpc) is 3.38. The number of hydrogen-bond acceptors (Lipinski definition) is 7. The van der Waals surface area contributed by atoms with Crippen molar-refractivity contribution in [3.05, 3.63) is 83.6 Å². The first kappa shape index (κ1) is 25.9. The van der Waals surface area contributed by atoms with Crippen LogP contribution in [0.15, 0.2) is 65.3 Å². The molecule has 4 rings (SSSR count). The number of oxazole rings is 1. The average molecular weight is 493 g/mol. The first-order valence-corrected chi connectivity index (χ1v) is 12.6. The molecule has 192 valence electrons. The molecule has 8 nitrogen and oxygen atoms in total. The fourth-order valence-corrected chi connectivity index (χ4v) is 4.21. The number of amides is 1. The molecule has 1 atom stereocenters. The molecule has 1 amide bonds. The summed E-state index contributed by atoms with van der Waals surface area (Å²) in [7, 11) is 0. The molecule has 0 radical (unpaired) electrons. The second-order valence-electron chi connectivity index (χ2n) is 8.97. The standard InChI is InChI=1S/C28H36N4O4/c1-3-35-25-11-9-23(10-12-25)19-32(14-13-31-15-17-34-18-16-31)20-27-30-26(21-36-27)28(33)29-22(2)24-7-5-4-6-8-24/h4-12,21-22H,3,13-20H2,1-2H3,(H,29,33). The van der Waals surface area contributed by atoms with Gasteiger partial charge in [-0.1, -0.05) is 42.5 Å². The lowest BCUT2D eigenvalue weighted by atomic mass is 10.1. The molecule has 1 N–H and O–H groups in total. The van der Waals surface area contributed by atoms with Crippen molar-refractivity contribution >= 4 is 5.91 Å². The van der Waals surface area contributed by atoms with Crippen molar-refractivity contribution in [2.24, 2.45) is 0 Å². The Morgan fingerprint density at radius 3 is 2.58 bits per heavy atom. The van der Waals surface area contributed by atoms with Crippen LogP contribution in [0.25, 0.3) is 0 Å². The van der Waals surface area contributed by atoms with Gasteiger partial charge in [0.15, 0.2) is 5.69 Å². The fourth-order valence-electron chi connectivity index (χ4n) is 4.21. The first-order chi connectivity index (χ1) is 17.6. The van der Waals surface area contributed by atoms with Crippen LogP contribution in [-0.2, 0) is 17.8 Å². The number of carbonyl (C=O) groups excluding carboxylic acids is 1. The van der Waals surface area contributed by atoms with Crippen molar-refractivity contribution in [2.75, 3.05) is 46.0 Å². The van der Waals surface area contributed by atoms with Crippen LogP contribution in [0, 0.1) is 0 Å². The number of benzene rings is 2. The predicted octanol–water partition coefficient (Wildman–Crippen LogP) is 3.90. The van der Waals surface area contributed by atoms with Crippen molar-refractivity contribution in [2.45, 2.75) is 33.0 Å². The Bertz CT molecular complexity index is 1060. The molecule has 2 heterocycles. The van der Waals surface area contributed by atoms with Crippen molar-refractivity contribution in [3.8, 4) is 5.75 Å². The third kappa shape index (κ3) is 7.65. The summed E-state index contributed by atoms with van der Waals surface area (Å²) in [5.74, 6) is 1.15. The van der Waals surface area contributed by atoms with E-state index in [0.29, 0.717) is 24.7 Å². The number of morpholine rings is 1. The minimum Gasteiger partial charge on any atom is -0.494 e. The number of ether oxygens (including phenoxy) is 2. The molecule has 8 heteroatoms. The van der Waals surface area contributed by atoms with Crippen molar-refractivity contribution < 1.29 is 18.7 Å². The fraction of sp³-hybridized carbons (Fsp3) is 0.429. The molecular weight excluding hydrogens is 456 g/mol. The largest absolute Gasteiger partial charge is 0.494 e. The highest BCUT2D eigenvalue weighted by atomic mass is 16.5. The molecule has 36 heavy (non-hydrogen) atoms. The summed E-state index contributed by atoms with van der Waals surface area (Å²) in [6.07, 6.45) is 1.44. The minimum absolute atomic E-state index is 0.122. The molecule has 3 aromatic rings. The van der Waals surface area contributed by atoms with Gasteiger partial charge in [0.2, 0.25) is 5.89 Å². The monoisotopic (exact) mass is 492 g/mol. The summed E-state index contributed by atoms with van der Waals surface area (Å²) in [4.78, 5) is 22.0. The summed E-state index contributed by atoms with van der Waals surface area (Å²) in [6.45, 7) is 11.1. The van der Waals surface area contributed by atoms with E-state index in [1.54, 1.807) is 0 Å². The number of hydrogen-bond donors (Lipinski definition) is 1. The maximum absolute atomic E-state index is 12.8. The summed E-state index contributed by atoms with van der Waals surface area (Å²) in [5.41, 5.74) is 2.52. The zero-order valence-electron chi connectivity index (χ0n) is 21.2. The van der Waals surface area contributed by atoms with Crippen molar-refractivity contribution in [1.82, 2.24) is 20.1 Å². The van der Waals surface area contributed by atoms with E-state index < -0.39 is 0 Å². The second kappa shape index (κ2) is 13.2. The summed E-state index contributed by atoms with van der Waals surface area (Å²) >= 11 is 0. The highest BCUT2D eigenvalue weighted by molar-refractivity contribution is 5.92. The Balaban J connectivity index is 1.39. The zero-order chi connectivity index (χ0) is 25.2. The van der Waals surface area contributed by atoms with Gasteiger partial charge in [0.25, 0.3) is 5.91 Å². The molecule has 2 aromatic carbocycles. The van der Waals surface area contributed by atoms with Gasteiger partial charge in [0, 0.05) is 32.7 Å². The lowest BCUT2D eigenvalue weighted by Gasteiger charge is -2.29. The van der Waals surface area contributed by atoms with E-state index >= 15 is 0 Å². The van der Waals surface area contributed by atoms with Crippen LogP contribution in [-0.4, -0.2) is 66.7 Å². The number of aromatic nitrogens is 1. The highest BCUT2D eigenvalue weighted by Crippen LogP contribution is 2.16. The normalized spacial score (nSPS) is 15.1. The number of nitrogens with one attached hydrogen (secondary N) is 1. The SMILES string of the molecule is CCOc1ccc(CN(CCN2CCOCC2)Cc2nc(C(=O)NC(C)c3ccccc3)co2)cc1. The molecule has 0 aliphatic carbocycles. The Hall–Kier alpha value is -3.20. The van der Waals surface area contributed by atoms with Crippen LogP contribution < -0.4 is 10.1 Å². The van der Waals surface area contributed by atoms with Gasteiger partial charge in [0.1, 0.15) is 12.0 Å². The van der Waals surface area contributed by atoms with Gasteiger partial charge in [-0.2, -0.15) is 0 Å². The van der Waals surface area contributed by atoms with E-state index in [4.69, 9.17) is 13.9 Å². The van der Waals surface area contributed by atoms with E-state index in [0.717, 1.165) is 57.3 Å². The molecule has 1 unspecified atom stereocenters. The van der Waals surface area contributed by atoms with Gasteiger partial charge in [-0.3, -0.25) is 14.6 Å². The maximum atomic E-state index is 12.8. The lowest BCUT2D eigenvalue weighted by molar-refractivity contribution is 0.0320. The van der Waals surface area contributed by atoms with E-state index in [9.17, 15) is 4.79 Å². The molecule has 1 saturated heterocycles. The van der Waals surface area contributed by atoms with Crippen molar-refractivity contribution in [1.29, 1.82) is 0 Å². The Labute approximate surface area is 213 Å². The van der Waals surface area contributed by atoms with Crippen LogP contribution in [0.4, 0.5) is 0 Å². The van der Waals surface area contributed by atoms with Gasteiger partial charge in [-0.15, -0.1) is 0 Å². The summed E-state index contributed by atoms with van der Waals surface area (Å²) in [6, 6.07) is 17.9. The lowest BCUT2D eigenvalue weighted by Crippen LogP contribution is -2.41. The topological polar surface area (TPSA) is 80.1 Å². The third-order valence-corrected chi connectivity index (χ3v) is 6.27. The van der Waals surface area contributed by atoms with Crippen LogP contribution in [0.3, 0.4) is 0 Å². The van der Waals surface area contributed by atoms with Crippen LogP contribution >= 0.6 is 0 Å². The second-order valence-corrected chi connectivity index (χ2v) is 8.97. The quantitative estimate of drug-likeness (QED) is 0.411. The molecule has 1 aliphatic rings. The first-order valence-electron chi connectivity index (χ1n) is 12.6. The van der Waals surface area contributed by atoms with Gasteiger partial charge in [-0.25, -0.2) is 4.98 Å². The van der Waals surface area contributed by atoms with E-state index in [-0.39, 0.29) is 11.9 Å². The van der Waals surface area contributed by atoms with Gasteiger partial charge in [0.05, 0.1) is 32.4 Å². The molecule has 0 bridgehead atoms. The molecule has 1 fully saturated rings.